The van der Waals surface area contributed by atoms with Crippen LogP contribution < -0.4 is 15.9 Å². The molecule has 158 valence electrons. The van der Waals surface area contributed by atoms with E-state index in [1.54, 1.807) is 12.4 Å². The predicted molar refractivity (Wildman–Crippen MR) is 133 cm³/mol. The van der Waals surface area contributed by atoms with Crippen LogP contribution in [0.15, 0.2) is 116 Å². The summed E-state index contributed by atoms with van der Waals surface area (Å²) < 4.78 is 0. The quantitative estimate of drug-likeness (QED) is 0.424. The molecule has 1 aliphatic rings. The standard InChI is InChI=1S/C28H26N2OP/c31-28-27(18-21-30(28)22-23-16-19-29-20-17-23)32(24-10-4-1-5-11-24,25-12-6-2-7-13-25)26-14-8-3-9-15-26/h1-17,19-20,27H,18,21-22H2/q+1/t27-/m1/s1. The number of nitrogens with zero attached hydrogens (tertiary/aromatic N) is 2. The van der Waals surface area contributed by atoms with Gasteiger partial charge >= 0.3 is 0 Å². The van der Waals surface area contributed by atoms with Gasteiger partial charge in [0.05, 0.1) is 0 Å². The van der Waals surface area contributed by atoms with Crippen LogP contribution in [0.5, 0.6) is 0 Å². The Bertz CT molecular complexity index is 1070. The van der Waals surface area contributed by atoms with Gasteiger partial charge in [0, 0.05) is 31.9 Å². The number of rotatable bonds is 6. The minimum Gasteiger partial charge on any atom is -0.335 e. The van der Waals surface area contributed by atoms with Crippen LogP contribution >= 0.6 is 7.26 Å². The summed E-state index contributed by atoms with van der Waals surface area (Å²) in [6, 6.07) is 36.1. The number of hydrogen-bond donors (Lipinski definition) is 0. The Balaban J connectivity index is 1.66. The van der Waals surface area contributed by atoms with Crippen LogP contribution in [0.25, 0.3) is 0 Å². The largest absolute Gasteiger partial charge is 0.335 e. The van der Waals surface area contributed by atoms with E-state index < -0.39 is 7.26 Å². The van der Waals surface area contributed by atoms with Crippen LogP contribution in [0.3, 0.4) is 0 Å². The van der Waals surface area contributed by atoms with E-state index in [9.17, 15) is 4.79 Å². The van der Waals surface area contributed by atoms with E-state index >= 15 is 0 Å². The number of carbonyl (C=O) groups is 1. The first-order valence-electron chi connectivity index (χ1n) is 11.0. The fraction of sp³-hybridized carbons (Fsp3) is 0.143. The maximum Gasteiger partial charge on any atom is 0.264 e. The average Bonchev–Trinajstić information content (AvgIpc) is 3.22. The Morgan fingerprint density at radius 1 is 0.719 bits per heavy atom. The molecular formula is C28H26N2OP+. The Hall–Kier alpha value is -3.29. The molecule has 0 saturated carbocycles. The molecule has 4 aromatic rings. The highest BCUT2D eigenvalue weighted by Crippen LogP contribution is 2.62. The number of likely N-dealkylation sites (tertiary alicyclic amines) is 1. The second-order valence-electron chi connectivity index (χ2n) is 8.15. The average molecular weight is 438 g/mol. The van der Waals surface area contributed by atoms with E-state index in [2.05, 4.69) is 96.0 Å². The third-order valence-electron chi connectivity index (χ3n) is 6.35. The van der Waals surface area contributed by atoms with Crippen molar-refractivity contribution in [3.05, 3.63) is 121 Å². The highest BCUT2D eigenvalue weighted by Gasteiger charge is 2.58. The van der Waals surface area contributed by atoms with Gasteiger partial charge < -0.3 is 4.90 Å². The highest BCUT2D eigenvalue weighted by molar-refractivity contribution is 7.96. The first kappa shape index (κ1) is 20.6. The van der Waals surface area contributed by atoms with Crippen molar-refractivity contribution in [3.8, 4) is 0 Å². The summed E-state index contributed by atoms with van der Waals surface area (Å²) in [6.45, 7) is 1.41. The van der Waals surface area contributed by atoms with Crippen LogP contribution in [0.2, 0.25) is 0 Å². The zero-order valence-electron chi connectivity index (χ0n) is 17.9. The van der Waals surface area contributed by atoms with Crippen molar-refractivity contribution in [1.29, 1.82) is 0 Å². The van der Waals surface area contributed by atoms with Crippen molar-refractivity contribution >= 4 is 29.1 Å². The first-order chi connectivity index (χ1) is 15.8. The lowest BCUT2D eigenvalue weighted by molar-refractivity contribution is -0.127. The summed E-state index contributed by atoms with van der Waals surface area (Å²) in [6.07, 6.45) is 4.45. The van der Waals surface area contributed by atoms with Gasteiger partial charge in [-0.15, -0.1) is 0 Å². The summed E-state index contributed by atoms with van der Waals surface area (Å²) in [5.41, 5.74) is 1.05. The van der Waals surface area contributed by atoms with Gasteiger partial charge in [-0.2, -0.15) is 0 Å². The molecule has 1 saturated heterocycles. The molecule has 5 rings (SSSR count). The zero-order valence-corrected chi connectivity index (χ0v) is 18.8. The smallest absolute Gasteiger partial charge is 0.264 e. The molecule has 3 nitrogen and oxygen atoms in total. The van der Waals surface area contributed by atoms with Gasteiger partial charge in [-0.25, -0.2) is 0 Å². The lowest BCUT2D eigenvalue weighted by Gasteiger charge is -2.32. The lowest BCUT2D eigenvalue weighted by Crippen LogP contribution is -2.42. The van der Waals surface area contributed by atoms with E-state index in [-0.39, 0.29) is 11.6 Å². The Labute approximate surface area is 190 Å². The molecule has 2 heterocycles. The molecule has 1 aliphatic heterocycles. The van der Waals surface area contributed by atoms with Gasteiger partial charge in [0.1, 0.15) is 23.2 Å². The summed E-state index contributed by atoms with van der Waals surface area (Å²) in [5.74, 6) is 0.256. The van der Waals surface area contributed by atoms with Crippen molar-refractivity contribution in [2.75, 3.05) is 6.54 Å². The van der Waals surface area contributed by atoms with Crippen molar-refractivity contribution in [2.45, 2.75) is 18.6 Å². The molecule has 0 unspecified atom stereocenters. The molecule has 0 radical (unpaired) electrons. The van der Waals surface area contributed by atoms with Crippen molar-refractivity contribution in [2.24, 2.45) is 0 Å². The molecule has 3 aromatic carbocycles. The van der Waals surface area contributed by atoms with E-state index in [4.69, 9.17) is 0 Å². The van der Waals surface area contributed by atoms with Gasteiger partial charge in [-0.1, -0.05) is 54.6 Å². The molecular weight excluding hydrogens is 411 g/mol. The first-order valence-corrected chi connectivity index (χ1v) is 12.9. The molecule has 4 heteroatoms. The normalized spacial score (nSPS) is 16.3. The van der Waals surface area contributed by atoms with Gasteiger partial charge in [0.25, 0.3) is 5.91 Å². The number of benzene rings is 3. The van der Waals surface area contributed by atoms with Crippen LogP contribution in [-0.2, 0) is 11.3 Å². The monoisotopic (exact) mass is 437 g/mol. The SMILES string of the molecule is O=C1[C@H]([P+](c2ccccc2)(c2ccccc2)c2ccccc2)CCN1Cc1ccncc1. The molecule has 0 N–H and O–H groups in total. The summed E-state index contributed by atoms with van der Waals surface area (Å²) in [7, 11) is -2.20. The van der Waals surface area contributed by atoms with Crippen LogP contribution in [0, 0.1) is 0 Å². The number of amides is 1. The predicted octanol–water partition coefficient (Wildman–Crippen LogP) is 4.18. The summed E-state index contributed by atoms with van der Waals surface area (Å²) in [4.78, 5) is 20.2. The Morgan fingerprint density at radius 3 is 1.66 bits per heavy atom. The number of carbonyl (C=O) groups excluding carboxylic acids is 1. The topological polar surface area (TPSA) is 33.2 Å². The molecule has 0 spiro atoms. The number of aromatic nitrogens is 1. The highest BCUT2D eigenvalue weighted by atomic mass is 31.2. The Kier molecular flexibility index (Phi) is 5.83. The van der Waals surface area contributed by atoms with Crippen molar-refractivity contribution in [1.82, 2.24) is 9.88 Å². The number of hydrogen-bond acceptors (Lipinski definition) is 2. The molecule has 0 bridgehead atoms. The van der Waals surface area contributed by atoms with E-state index in [1.807, 2.05) is 17.0 Å². The molecule has 1 amide bonds. The maximum absolute atomic E-state index is 14.0. The second-order valence-corrected chi connectivity index (χ2v) is 11.8. The molecule has 1 atom stereocenters. The van der Waals surface area contributed by atoms with Crippen molar-refractivity contribution < 1.29 is 4.79 Å². The van der Waals surface area contributed by atoms with Crippen LogP contribution in [0.4, 0.5) is 0 Å². The summed E-state index contributed by atoms with van der Waals surface area (Å²) in [5, 5.41) is 3.80. The summed E-state index contributed by atoms with van der Waals surface area (Å²) >= 11 is 0. The van der Waals surface area contributed by atoms with Gasteiger partial charge in [-0.3, -0.25) is 9.78 Å². The third kappa shape index (κ3) is 3.63. The molecule has 32 heavy (non-hydrogen) atoms. The van der Waals surface area contributed by atoms with E-state index in [0.717, 1.165) is 18.5 Å². The van der Waals surface area contributed by atoms with Crippen molar-refractivity contribution in [3.63, 3.8) is 0 Å². The fourth-order valence-corrected chi connectivity index (χ4v) is 9.82. The third-order valence-corrected chi connectivity index (χ3v) is 11.1. The minimum absolute atomic E-state index is 0.0727. The fourth-order valence-electron chi connectivity index (χ4n) is 4.92. The van der Waals surface area contributed by atoms with Gasteiger partial charge in [-0.05, 0) is 54.1 Å². The maximum atomic E-state index is 14.0. The lowest BCUT2D eigenvalue weighted by atomic mass is 10.2. The van der Waals surface area contributed by atoms with Crippen LogP contribution in [-0.4, -0.2) is 28.0 Å². The minimum atomic E-state index is -2.20. The molecule has 1 aromatic heterocycles. The number of pyridine rings is 1. The molecule has 1 fully saturated rings. The zero-order chi connectivity index (χ0) is 21.8. The van der Waals surface area contributed by atoms with Gasteiger partial charge in [0.2, 0.25) is 0 Å². The van der Waals surface area contributed by atoms with E-state index in [1.165, 1.54) is 15.9 Å². The second kappa shape index (κ2) is 9.06. The Morgan fingerprint density at radius 2 is 1.19 bits per heavy atom. The molecule has 0 aliphatic carbocycles. The van der Waals surface area contributed by atoms with Gasteiger partial charge in [0.15, 0.2) is 5.66 Å². The van der Waals surface area contributed by atoms with Crippen LogP contribution in [0.1, 0.15) is 12.0 Å². The van der Waals surface area contributed by atoms with E-state index in [0.29, 0.717) is 6.54 Å².